The summed E-state index contributed by atoms with van der Waals surface area (Å²) in [5.74, 6) is -0.482. The predicted octanol–water partition coefficient (Wildman–Crippen LogP) is 2.43. The summed E-state index contributed by atoms with van der Waals surface area (Å²) in [5.41, 5.74) is -0.736. The number of carbonyl (C=O) groups excluding carboxylic acids is 1. The molecule has 0 spiro atoms. The zero-order valence-electron chi connectivity index (χ0n) is 11.8. The minimum Gasteiger partial charge on any atom is -0.482 e. The number of halogens is 1. The first-order valence-corrected chi connectivity index (χ1v) is 7.19. The van der Waals surface area contributed by atoms with E-state index in [-0.39, 0.29) is 12.5 Å². The molecule has 1 aromatic carbocycles. The van der Waals surface area contributed by atoms with Crippen molar-refractivity contribution in [1.29, 1.82) is 0 Å². The predicted molar refractivity (Wildman–Crippen MR) is 78.5 cm³/mol. The maximum absolute atomic E-state index is 12.1. The first-order chi connectivity index (χ1) is 9.92. The van der Waals surface area contributed by atoms with Gasteiger partial charge in [-0.1, -0.05) is 23.7 Å². The molecule has 1 fully saturated rings. The number of likely N-dealkylation sites (tertiary alicyclic amines) is 1. The molecule has 1 saturated heterocycles. The van der Waals surface area contributed by atoms with Gasteiger partial charge < -0.3 is 14.7 Å². The molecule has 0 atom stereocenters. The van der Waals surface area contributed by atoms with Gasteiger partial charge in [-0.2, -0.15) is 0 Å². The van der Waals surface area contributed by atoms with E-state index in [1.54, 1.807) is 36.1 Å². The molecule has 0 aliphatic carbocycles. The molecular formula is C15H18ClNO4. The molecule has 1 heterocycles. The molecule has 0 bridgehead atoms. The van der Waals surface area contributed by atoms with Crippen LogP contribution in [-0.2, 0) is 9.59 Å². The van der Waals surface area contributed by atoms with Crippen molar-refractivity contribution in [3.05, 3.63) is 29.3 Å². The van der Waals surface area contributed by atoms with E-state index in [0.717, 1.165) is 0 Å². The molecule has 0 radical (unpaired) electrons. The van der Waals surface area contributed by atoms with E-state index in [4.69, 9.17) is 21.4 Å². The molecule has 0 unspecified atom stereocenters. The van der Waals surface area contributed by atoms with Crippen molar-refractivity contribution in [3.63, 3.8) is 0 Å². The van der Waals surface area contributed by atoms with Gasteiger partial charge in [-0.15, -0.1) is 0 Å². The molecule has 0 aromatic heterocycles. The van der Waals surface area contributed by atoms with Crippen LogP contribution in [0.5, 0.6) is 5.75 Å². The van der Waals surface area contributed by atoms with Crippen LogP contribution in [0, 0.1) is 5.41 Å². The minimum atomic E-state index is -0.804. The van der Waals surface area contributed by atoms with Crippen LogP contribution < -0.4 is 4.74 Å². The third-order valence-corrected chi connectivity index (χ3v) is 4.24. The van der Waals surface area contributed by atoms with Crippen LogP contribution in [-0.4, -0.2) is 41.6 Å². The number of aliphatic carboxylic acids is 1. The zero-order valence-corrected chi connectivity index (χ0v) is 12.6. The first kappa shape index (κ1) is 15.6. The third kappa shape index (κ3) is 3.67. The van der Waals surface area contributed by atoms with E-state index in [2.05, 4.69) is 0 Å². The second kappa shape index (κ2) is 6.35. The smallest absolute Gasteiger partial charge is 0.309 e. The molecule has 21 heavy (non-hydrogen) atoms. The van der Waals surface area contributed by atoms with E-state index in [1.807, 2.05) is 0 Å². The Labute approximate surface area is 128 Å². The standard InChI is InChI=1S/C15H18ClNO4/c1-15(14(19)20)6-8-17(9-7-15)13(18)10-21-12-5-3-2-4-11(12)16/h2-5H,6-10H2,1H3,(H,19,20). The molecule has 1 N–H and O–H groups in total. The van der Waals surface area contributed by atoms with E-state index in [1.165, 1.54) is 0 Å². The number of rotatable bonds is 4. The lowest BCUT2D eigenvalue weighted by atomic mass is 9.80. The Bertz CT molecular complexity index is 538. The Kier molecular flexibility index (Phi) is 4.73. The van der Waals surface area contributed by atoms with Crippen LogP contribution in [0.3, 0.4) is 0 Å². The lowest BCUT2D eigenvalue weighted by Crippen LogP contribution is -2.46. The number of amides is 1. The molecule has 5 nitrogen and oxygen atoms in total. The molecule has 1 aromatic rings. The quantitative estimate of drug-likeness (QED) is 0.927. The Morgan fingerprint density at radius 1 is 1.33 bits per heavy atom. The summed E-state index contributed by atoms with van der Waals surface area (Å²) >= 11 is 5.95. The molecule has 1 amide bonds. The van der Waals surface area contributed by atoms with Crippen molar-refractivity contribution in [3.8, 4) is 5.75 Å². The van der Waals surface area contributed by atoms with Crippen molar-refractivity contribution in [1.82, 2.24) is 4.90 Å². The van der Waals surface area contributed by atoms with Gasteiger partial charge in [0, 0.05) is 13.1 Å². The summed E-state index contributed by atoms with van der Waals surface area (Å²) in [5, 5.41) is 9.62. The Hall–Kier alpha value is -1.75. The average Bonchev–Trinajstić information content (AvgIpc) is 2.46. The van der Waals surface area contributed by atoms with Crippen LogP contribution in [0.2, 0.25) is 5.02 Å². The van der Waals surface area contributed by atoms with Gasteiger partial charge in [0.2, 0.25) is 0 Å². The highest BCUT2D eigenvalue weighted by molar-refractivity contribution is 6.32. The zero-order chi connectivity index (χ0) is 15.5. The lowest BCUT2D eigenvalue weighted by Gasteiger charge is -2.36. The fourth-order valence-corrected chi connectivity index (χ4v) is 2.45. The molecule has 0 saturated carbocycles. The van der Waals surface area contributed by atoms with Crippen LogP contribution in [0.25, 0.3) is 0 Å². The Morgan fingerprint density at radius 2 is 1.95 bits per heavy atom. The van der Waals surface area contributed by atoms with Crippen LogP contribution in [0.15, 0.2) is 24.3 Å². The lowest BCUT2D eigenvalue weighted by molar-refractivity contribution is -0.153. The summed E-state index contributed by atoms with van der Waals surface area (Å²) in [6.45, 7) is 2.51. The van der Waals surface area contributed by atoms with Crippen molar-refractivity contribution in [2.75, 3.05) is 19.7 Å². The largest absolute Gasteiger partial charge is 0.482 e. The van der Waals surface area contributed by atoms with Gasteiger partial charge in [0.05, 0.1) is 10.4 Å². The van der Waals surface area contributed by atoms with Gasteiger partial charge in [-0.3, -0.25) is 9.59 Å². The van der Waals surface area contributed by atoms with Crippen LogP contribution >= 0.6 is 11.6 Å². The van der Waals surface area contributed by atoms with E-state index in [0.29, 0.717) is 36.7 Å². The fraction of sp³-hybridized carbons (Fsp3) is 0.467. The average molecular weight is 312 g/mol. The van der Waals surface area contributed by atoms with Crippen molar-refractivity contribution < 1.29 is 19.4 Å². The van der Waals surface area contributed by atoms with Gasteiger partial charge in [0.25, 0.3) is 5.91 Å². The van der Waals surface area contributed by atoms with Gasteiger partial charge >= 0.3 is 5.97 Å². The Balaban J connectivity index is 1.86. The summed E-state index contributed by atoms with van der Waals surface area (Å²) in [7, 11) is 0. The number of hydrogen-bond acceptors (Lipinski definition) is 3. The highest BCUT2D eigenvalue weighted by atomic mass is 35.5. The number of carboxylic acid groups (broad SMARTS) is 1. The number of piperidine rings is 1. The van der Waals surface area contributed by atoms with E-state index in [9.17, 15) is 9.59 Å². The summed E-state index contributed by atoms with van der Waals surface area (Å²) in [6, 6.07) is 6.97. The van der Waals surface area contributed by atoms with Crippen molar-refractivity contribution in [2.24, 2.45) is 5.41 Å². The van der Waals surface area contributed by atoms with Gasteiger partial charge in [0.15, 0.2) is 6.61 Å². The first-order valence-electron chi connectivity index (χ1n) is 6.81. The highest BCUT2D eigenvalue weighted by Gasteiger charge is 2.38. The normalized spacial score (nSPS) is 17.3. The van der Waals surface area contributed by atoms with E-state index < -0.39 is 11.4 Å². The van der Waals surface area contributed by atoms with Crippen molar-refractivity contribution in [2.45, 2.75) is 19.8 Å². The summed E-state index contributed by atoms with van der Waals surface area (Å²) in [6.07, 6.45) is 0.917. The minimum absolute atomic E-state index is 0.0898. The number of hydrogen-bond donors (Lipinski definition) is 1. The van der Waals surface area contributed by atoms with Crippen molar-refractivity contribution >= 4 is 23.5 Å². The highest BCUT2D eigenvalue weighted by Crippen LogP contribution is 2.31. The van der Waals surface area contributed by atoms with Crippen LogP contribution in [0.1, 0.15) is 19.8 Å². The Morgan fingerprint density at radius 3 is 2.52 bits per heavy atom. The molecule has 1 aliphatic rings. The summed E-state index contributed by atoms with van der Waals surface area (Å²) in [4.78, 5) is 24.9. The van der Waals surface area contributed by atoms with Gasteiger partial charge in [0.1, 0.15) is 5.75 Å². The van der Waals surface area contributed by atoms with E-state index >= 15 is 0 Å². The van der Waals surface area contributed by atoms with Gasteiger partial charge in [-0.05, 0) is 31.9 Å². The SMILES string of the molecule is CC1(C(=O)O)CCN(C(=O)COc2ccccc2Cl)CC1. The number of carboxylic acids is 1. The van der Waals surface area contributed by atoms with Gasteiger partial charge in [-0.25, -0.2) is 0 Å². The maximum atomic E-state index is 12.1. The number of nitrogens with zero attached hydrogens (tertiary/aromatic N) is 1. The molecule has 114 valence electrons. The monoisotopic (exact) mass is 311 g/mol. The topological polar surface area (TPSA) is 66.8 Å². The molecule has 1 aliphatic heterocycles. The molecule has 6 heteroatoms. The second-order valence-electron chi connectivity index (χ2n) is 5.47. The number of carbonyl (C=O) groups is 2. The second-order valence-corrected chi connectivity index (χ2v) is 5.87. The third-order valence-electron chi connectivity index (χ3n) is 3.92. The summed E-state index contributed by atoms with van der Waals surface area (Å²) < 4.78 is 5.41. The maximum Gasteiger partial charge on any atom is 0.309 e. The number of benzene rings is 1. The number of ether oxygens (including phenoxy) is 1. The number of para-hydroxylation sites is 1. The molecular weight excluding hydrogens is 294 g/mol. The molecule has 2 rings (SSSR count). The van der Waals surface area contributed by atoms with Crippen LogP contribution in [0.4, 0.5) is 0 Å². The fourth-order valence-electron chi connectivity index (χ4n) is 2.26.